The summed E-state index contributed by atoms with van der Waals surface area (Å²) in [5.74, 6) is 1.52. The smallest absolute Gasteiger partial charge is 0.234 e. The lowest BCUT2D eigenvalue weighted by atomic mass is 10.2. The Morgan fingerprint density at radius 1 is 1.26 bits per heavy atom. The van der Waals surface area contributed by atoms with Gasteiger partial charge in [-0.1, -0.05) is 53.7 Å². The van der Waals surface area contributed by atoms with E-state index >= 15 is 0 Å². The minimum Gasteiger partial charge on any atom is -0.482 e. The fourth-order valence-electron chi connectivity index (χ4n) is 3.00. The topological polar surface area (TPSA) is 69.0 Å². The highest BCUT2D eigenvalue weighted by atomic mass is 35.5. The molecule has 1 amide bonds. The molecule has 162 valence electrons. The predicted molar refractivity (Wildman–Crippen MR) is 126 cm³/mol. The number of thioether (sulfide) groups is 1. The average Bonchev–Trinajstić information content (AvgIpc) is 3.14. The third-order valence-corrected chi connectivity index (χ3v) is 6.07. The zero-order valence-corrected chi connectivity index (χ0v) is 19.3. The van der Waals surface area contributed by atoms with Crippen LogP contribution in [-0.2, 0) is 11.3 Å². The Bertz CT molecular complexity index is 1080. The van der Waals surface area contributed by atoms with E-state index in [1.165, 1.54) is 11.8 Å². The van der Waals surface area contributed by atoms with Gasteiger partial charge in [-0.3, -0.25) is 9.36 Å². The molecule has 3 rings (SSSR count). The Balaban J connectivity index is 1.69. The molecular weight excluding hydrogens is 432 g/mol. The molecule has 0 radical (unpaired) electrons. The second-order valence-electron chi connectivity index (χ2n) is 7.01. The fraction of sp³-hybridized carbons (Fsp3) is 0.261. The first-order valence-corrected chi connectivity index (χ1v) is 11.2. The largest absolute Gasteiger partial charge is 0.482 e. The SMILES string of the molecule is C=CCn1c(SCC(=O)Nc2cccc(Cl)c2C)nnc1C(C)Oc1ccccc1C. The predicted octanol–water partition coefficient (Wildman–Crippen LogP) is 5.61. The van der Waals surface area contributed by atoms with Gasteiger partial charge in [-0.25, -0.2) is 0 Å². The number of aromatic nitrogens is 3. The van der Waals surface area contributed by atoms with Gasteiger partial charge < -0.3 is 10.1 Å². The van der Waals surface area contributed by atoms with E-state index in [0.717, 1.165) is 16.9 Å². The molecule has 1 N–H and O–H groups in total. The van der Waals surface area contributed by atoms with Crippen LogP contribution in [0.25, 0.3) is 0 Å². The summed E-state index contributed by atoms with van der Waals surface area (Å²) in [6.07, 6.45) is 1.46. The summed E-state index contributed by atoms with van der Waals surface area (Å²) in [6, 6.07) is 13.3. The summed E-state index contributed by atoms with van der Waals surface area (Å²) in [5, 5.41) is 12.7. The highest BCUT2D eigenvalue weighted by Crippen LogP contribution is 2.27. The van der Waals surface area contributed by atoms with Gasteiger partial charge in [0.15, 0.2) is 17.1 Å². The van der Waals surface area contributed by atoms with E-state index < -0.39 is 0 Å². The molecule has 0 fully saturated rings. The molecule has 0 aliphatic carbocycles. The number of anilines is 1. The number of rotatable bonds is 9. The van der Waals surface area contributed by atoms with Gasteiger partial charge in [0.25, 0.3) is 0 Å². The van der Waals surface area contributed by atoms with E-state index in [2.05, 4.69) is 22.1 Å². The van der Waals surface area contributed by atoms with Gasteiger partial charge >= 0.3 is 0 Å². The summed E-state index contributed by atoms with van der Waals surface area (Å²) in [4.78, 5) is 12.5. The molecular formula is C23H25ClN4O2S. The van der Waals surface area contributed by atoms with Crippen molar-refractivity contribution in [3.8, 4) is 5.75 Å². The van der Waals surface area contributed by atoms with Gasteiger partial charge in [-0.15, -0.1) is 16.8 Å². The van der Waals surface area contributed by atoms with Crippen LogP contribution in [-0.4, -0.2) is 26.4 Å². The van der Waals surface area contributed by atoms with Crippen LogP contribution in [0.3, 0.4) is 0 Å². The lowest BCUT2D eigenvalue weighted by molar-refractivity contribution is -0.113. The lowest BCUT2D eigenvalue weighted by Gasteiger charge is -2.17. The van der Waals surface area contributed by atoms with Crippen LogP contribution in [0.1, 0.15) is 30.0 Å². The Labute approximate surface area is 191 Å². The maximum atomic E-state index is 12.5. The van der Waals surface area contributed by atoms with Crippen molar-refractivity contribution >= 4 is 35.0 Å². The number of benzene rings is 2. The number of hydrogen-bond donors (Lipinski definition) is 1. The van der Waals surface area contributed by atoms with Gasteiger partial charge in [-0.2, -0.15) is 0 Å². The van der Waals surface area contributed by atoms with Crippen LogP contribution in [0.2, 0.25) is 5.02 Å². The molecule has 1 heterocycles. The highest BCUT2D eigenvalue weighted by molar-refractivity contribution is 7.99. The van der Waals surface area contributed by atoms with Gasteiger partial charge in [-0.05, 0) is 50.1 Å². The van der Waals surface area contributed by atoms with Crippen LogP contribution in [0.15, 0.2) is 60.3 Å². The van der Waals surface area contributed by atoms with Crippen molar-refractivity contribution in [1.29, 1.82) is 0 Å². The second-order valence-corrected chi connectivity index (χ2v) is 8.36. The molecule has 6 nitrogen and oxygen atoms in total. The first-order chi connectivity index (χ1) is 14.9. The van der Waals surface area contributed by atoms with Crippen molar-refractivity contribution in [2.45, 2.75) is 38.6 Å². The van der Waals surface area contributed by atoms with Crippen LogP contribution in [0.4, 0.5) is 5.69 Å². The lowest BCUT2D eigenvalue weighted by Crippen LogP contribution is -2.16. The number of hydrogen-bond acceptors (Lipinski definition) is 5. The Morgan fingerprint density at radius 2 is 2.03 bits per heavy atom. The monoisotopic (exact) mass is 456 g/mol. The summed E-state index contributed by atoms with van der Waals surface area (Å²) in [7, 11) is 0. The summed E-state index contributed by atoms with van der Waals surface area (Å²) >= 11 is 7.44. The summed E-state index contributed by atoms with van der Waals surface area (Å²) in [6.45, 7) is 10.1. The van der Waals surface area contributed by atoms with E-state index in [4.69, 9.17) is 16.3 Å². The molecule has 0 saturated carbocycles. The number of aryl methyl sites for hydroxylation is 1. The molecule has 0 aliphatic heterocycles. The zero-order valence-electron chi connectivity index (χ0n) is 17.8. The molecule has 1 aromatic heterocycles. The van der Waals surface area contributed by atoms with Crippen molar-refractivity contribution in [1.82, 2.24) is 14.8 Å². The number of ether oxygens (including phenoxy) is 1. The maximum absolute atomic E-state index is 12.5. The molecule has 31 heavy (non-hydrogen) atoms. The van der Waals surface area contributed by atoms with E-state index in [0.29, 0.717) is 28.2 Å². The fourth-order valence-corrected chi connectivity index (χ4v) is 3.93. The first-order valence-electron chi connectivity index (χ1n) is 9.84. The van der Waals surface area contributed by atoms with Gasteiger partial charge in [0.2, 0.25) is 5.91 Å². The molecule has 1 unspecified atom stereocenters. The summed E-state index contributed by atoms with van der Waals surface area (Å²) in [5.41, 5.74) is 2.58. The molecule has 0 bridgehead atoms. The molecule has 0 saturated heterocycles. The molecule has 1 atom stereocenters. The van der Waals surface area contributed by atoms with Crippen molar-refractivity contribution < 1.29 is 9.53 Å². The number of amides is 1. The third kappa shape index (κ3) is 5.68. The average molecular weight is 457 g/mol. The quantitative estimate of drug-likeness (QED) is 0.335. The van der Waals surface area contributed by atoms with Gasteiger partial charge in [0, 0.05) is 17.3 Å². The van der Waals surface area contributed by atoms with Gasteiger partial charge in [0.05, 0.1) is 5.75 Å². The minimum atomic E-state index is -0.314. The number of carbonyl (C=O) groups excluding carboxylic acids is 1. The van der Waals surface area contributed by atoms with Crippen molar-refractivity contribution in [3.63, 3.8) is 0 Å². The molecule has 3 aromatic rings. The van der Waals surface area contributed by atoms with Crippen molar-refractivity contribution in [2.75, 3.05) is 11.1 Å². The van der Waals surface area contributed by atoms with E-state index in [1.807, 2.05) is 55.7 Å². The van der Waals surface area contributed by atoms with Crippen LogP contribution >= 0.6 is 23.4 Å². The first kappa shape index (κ1) is 22.9. The molecule has 0 aliphatic rings. The van der Waals surface area contributed by atoms with Gasteiger partial charge in [0.1, 0.15) is 5.75 Å². The van der Waals surface area contributed by atoms with E-state index in [-0.39, 0.29) is 17.8 Å². The third-order valence-electron chi connectivity index (χ3n) is 4.69. The molecule has 2 aromatic carbocycles. The standard InChI is InChI=1S/C23H25ClN4O2S/c1-5-13-28-22(17(4)30-20-12-7-6-9-15(20)2)26-27-23(28)31-14-21(29)25-19-11-8-10-18(24)16(19)3/h5-12,17H,1,13-14H2,2-4H3,(H,25,29). The minimum absolute atomic E-state index is 0.144. The Morgan fingerprint density at radius 3 is 2.77 bits per heavy atom. The normalized spacial score (nSPS) is 11.7. The number of carbonyl (C=O) groups is 1. The number of allylic oxidation sites excluding steroid dienone is 1. The van der Waals surface area contributed by atoms with Crippen LogP contribution in [0.5, 0.6) is 5.75 Å². The van der Waals surface area contributed by atoms with E-state index in [9.17, 15) is 4.79 Å². The molecule has 8 heteroatoms. The van der Waals surface area contributed by atoms with E-state index in [1.54, 1.807) is 18.2 Å². The number of nitrogens with one attached hydrogen (secondary N) is 1. The van der Waals surface area contributed by atoms with Crippen molar-refractivity contribution in [3.05, 3.63) is 77.1 Å². The Kier molecular flexibility index (Phi) is 7.76. The number of halogens is 1. The summed E-state index contributed by atoms with van der Waals surface area (Å²) < 4.78 is 8.02. The highest BCUT2D eigenvalue weighted by Gasteiger charge is 2.20. The Hall–Kier alpha value is -2.77. The maximum Gasteiger partial charge on any atom is 0.234 e. The van der Waals surface area contributed by atoms with Crippen LogP contribution < -0.4 is 10.1 Å². The second kappa shape index (κ2) is 10.5. The zero-order chi connectivity index (χ0) is 22.4. The number of para-hydroxylation sites is 1. The van der Waals surface area contributed by atoms with Crippen molar-refractivity contribution in [2.24, 2.45) is 0 Å². The molecule has 0 spiro atoms. The van der Waals surface area contributed by atoms with Crippen LogP contribution in [0, 0.1) is 13.8 Å². The number of nitrogens with zero attached hydrogens (tertiary/aromatic N) is 3.